The van der Waals surface area contributed by atoms with Crippen LogP contribution >= 0.6 is 24.0 Å². The first-order valence-corrected chi connectivity index (χ1v) is 12.1. The van der Waals surface area contributed by atoms with E-state index in [1.54, 1.807) is 6.08 Å². The summed E-state index contributed by atoms with van der Waals surface area (Å²) in [6.07, 6.45) is 4.14. The number of aryl methyl sites for hydroxylation is 1. The second-order valence-electron chi connectivity index (χ2n) is 7.15. The number of nitrogens with one attached hydrogen (secondary N) is 1. The van der Waals surface area contributed by atoms with Crippen LogP contribution in [0.25, 0.3) is 17.0 Å². The van der Waals surface area contributed by atoms with Crippen LogP contribution in [0.5, 0.6) is 0 Å². The summed E-state index contributed by atoms with van der Waals surface area (Å²) in [5, 5.41) is 3.72. The molecule has 1 aromatic carbocycles. The lowest BCUT2D eigenvalue weighted by Crippen LogP contribution is -2.43. The Morgan fingerprint density at radius 1 is 1.38 bits per heavy atom. The molecule has 2 aliphatic heterocycles. The molecule has 2 aromatic rings. The SMILES string of the molecule is Cn1cc(C=C2SC(=S)N(CC(=O)NC3CCS(=O)(=O)C3)C2=O)c2ccccc21. The van der Waals surface area contributed by atoms with E-state index in [9.17, 15) is 18.0 Å². The van der Waals surface area contributed by atoms with E-state index < -0.39 is 21.8 Å². The minimum absolute atomic E-state index is 0.0574. The first kappa shape index (κ1) is 20.1. The predicted molar refractivity (Wildman–Crippen MR) is 118 cm³/mol. The first-order chi connectivity index (χ1) is 13.7. The third-order valence-electron chi connectivity index (χ3n) is 4.99. The molecule has 0 radical (unpaired) electrons. The Kier molecular flexibility index (Phi) is 5.26. The van der Waals surface area contributed by atoms with Gasteiger partial charge in [-0.2, -0.15) is 0 Å². The minimum atomic E-state index is -3.09. The van der Waals surface area contributed by atoms with Crippen molar-refractivity contribution in [1.29, 1.82) is 0 Å². The standard InChI is InChI=1S/C19H19N3O4S3/c1-21-9-12(14-4-2-3-5-15(14)21)8-16-18(24)22(19(27)28-16)10-17(23)20-13-6-7-29(25,26)11-13/h2-5,8-9,13H,6-7,10-11H2,1H3,(H,20,23). The second kappa shape index (κ2) is 7.58. The number of thiocarbonyl (C=S) groups is 1. The molecule has 1 atom stereocenters. The van der Waals surface area contributed by atoms with Crippen LogP contribution < -0.4 is 5.32 Å². The Bertz CT molecular complexity index is 1170. The Morgan fingerprint density at radius 3 is 2.86 bits per heavy atom. The number of carbonyl (C=O) groups is 2. The number of benzene rings is 1. The number of para-hydroxylation sites is 1. The van der Waals surface area contributed by atoms with Crippen molar-refractivity contribution in [3.05, 3.63) is 40.9 Å². The van der Waals surface area contributed by atoms with Gasteiger partial charge in [0.15, 0.2) is 9.84 Å². The quantitative estimate of drug-likeness (QED) is 0.565. The average molecular weight is 450 g/mol. The Hall–Kier alpha value is -2.17. The fraction of sp³-hybridized carbons (Fsp3) is 0.316. The summed E-state index contributed by atoms with van der Waals surface area (Å²) >= 11 is 6.46. The fourth-order valence-electron chi connectivity index (χ4n) is 3.59. The Labute approximate surface area is 178 Å². The number of amides is 2. The number of hydrogen-bond donors (Lipinski definition) is 1. The van der Waals surface area contributed by atoms with Crippen LogP contribution in [0.2, 0.25) is 0 Å². The van der Waals surface area contributed by atoms with E-state index >= 15 is 0 Å². The maximum atomic E-state index is 12.8. The van der Waals surface area contributed by atoms with Crippen molar-refractivity contribution in [2.75, 3.05) is 18.1 Å². The third kappa shape index (κ3) is 4.10. The molecule has 2 saturated heterocycles. The summed E-state index contributed by atoms with van der Waals surface area (Å²) in [4.78, 5) is 26.8. The lowest BCUT2D eigenvalue weighted by molar-refractivity contribution is -0.129. The summed E-state index contributed by atoms with van der Waals surface area (Å²) in [6, 6.07) is 7.49. The van der Waals surface area contributed by atoms with Crippen LogP contribution in [-0.4, -0.2) is 58.1 Å². The van der Waals surface area contributed by atoms with Crippen LogP contribution in [0.3, 0.4) is 0 Å². The molecule has 2 fully saturated rings. The number of aromatic nitrogens is 1. The fourth-order valence-corrected chi connectivity index (χ4v) is 6.51. The number of thioether (sulfide) groups is 1. The molecule has 4 rings (SSSR count). The van der Waals surface area contributed by atoms with Crippen molar-refractivity contribution >= 4 is 66.9 Å². The van der Waals surface area contributed by atoms with Crippen LogP contribution in [0.1, 0.15) is 12.0 Å². The highest BCUT2D eigenvalue weighted by atomic mass is 32.2. The normalized spacial score (nSPS) is 22.7. The van der Waals surface area contributed by atoms with Gasteiger partial charge in [0.2, 0.25) is 5.91 Å². The Morgan fingerprint density at radius 2 is 2.14 bits per heavy atom. The maximum Gasteiger partial charge on any atom is 0.266 e. The highest BCUT2D eigenvalue weighted by Crippen LogP contribution is 2.34. The molecule has 0 bridgehead atoms. The summed E-state index contributed by atoms with van der Waals surface area (Å²) in [5.74, 6) is -0.706. The molecular formula is C19H19N3O4S3. The van der Waals surface area contributed by atoms with Gasteiger partial charge in [-0.25, -0.2) is 8.42 Å². The molecule has 0 saturated carbocycles. The van der Waals surface area contributed by atoms with E-state index in [0.717, 1.165) is 28.2 Å². The highest BCUT2D eigenvalue weighted by molar-refractivity contribution is 8.26. The van der Waals surface area contributed by atoms with Gasteiger partial charge >= 0.3 is 0 Å². The van der Waals surface area contributed by atoms with Gasteiger partial charge in [0.05, 0.1) is 16.4 Å². The molecule has 2 aliphatic rings. The molecule has 0 aliphatic carbocycles. The van der Waals surface area contributed by atoms with E-state index in [4.69, 9.17) is 12.2 Å². The van der Waals surface area contributed by atoms with Crippen LogP contribution in [0.4, 0.5) is 0 Å². The number of fused-ring (bicyclic) bond motifs is 1. The number of hydrogen-bond acceptors (Lipinski definition) is 6. The summed E-state index contributed by atoms with van der Waals surface area (Å²) in [5.41, 5.74) is 1.96. The molecular weight excluding hydrogens is 430 g/mol. The van der Waals surface area contributed by atoms with Crippen LogP contribution in [0, 0.1) is 0 Å². The van der Waals surface area contributed by atoms with Crippen molar-refractivity contribution < 1.29 is 18.0 Å². The summed E-state index contributed by atoms with van der Waals surface area (Å²) < 4.78 is 25.4. The van der Waals surface area contributed by atoms with Gasteiger partial charge in [0.25, 0.3) is 5.91 Å². The predicted octanol–water partition coefficient (Wildman–Crippen LogP) is 1.68. The second-order valence-corrected chi connectivity index (χ2v) is 11.1. The largest absolute Gasteiger partial charge is 0.351 e. The zero-order valence-electron chi connectivity index (χ0n) is 15.6. The van der Waals surface area contributed by atoms with Gasteiger partial charge in [0.1, 0.15) is 10.9 Å². The molecule has 7 nitrogen and oxygen atoms in total. The smallest absolute Gasteiger partial charge is 0.266 e. The van der Waals surface area contributed by atoms with E-state index in [1.165, 1.54) is 4.90 Å². The lowest BCUT2D eigenvalue weighted by atomic mass is 10.1. The average Bonchev–Trinajstić information content (AvgIpc) is 3.25. The summed E-state index contributed by atoms with van der Waals surface area (Å²) in [7, 11) is -1.14. The van der Waals surface area contributed by atoms with Crippen molar-refractivity contribution in [3.8, 4) is 0 Å². The lowest BCUT2D eigenvalue weighted by Gasteiger charge is -2.16. The molecule has 0 spiro atoms. The maximum absolute atomic E-state index is 12.8. The Balaban J connectivity index is 1.48. The zero-order valence-corrected chi connectivity index (χ0v) is 18.1. The molecule has 2 amide bonds. The number of nitrogens with zero attached hydrogens (tertiary/aromatic N) is 2. The molecule has 1 N–H and O–H groups in total. The van der Waals surface area contributed by atoms with Gasteiger partial charge in [0, 0.05) is 35.8 Å². The molecule has 29 heavy (non-hydrogen) atoms. The number of carbonyl (C=O) groups excluding carboxylic acids is 2. The number of rotatable bonds is 4. The topological polar surface area (TPSA) is 88.5 Å². The van der Waals surface area contributed by atoms with Gasteiger partial charge in [-0.3, -0.25) is 14.5 Å². The summed E-state index contributed by atoms with van der Waals surface area (Å²) in [6.45, 7) is -0.214. The molecule has 10 heteroatoms. The van der Waals surface area contributed by atoms with Gasteiger partial charge in [-0.05, 0) is 18.6 Å². The molecule has 1 unspecified atom stereocenters. The monoisotopic (exact) mass is 449 g/mol. The molecule has 1 aromatic heterocycles. The van der Waals surface area contributed by atoms with E-state index in [1.807, 2.05) is 42.1 Å². The third-order valence-corrected chi connectivity index (χ3v) is 8.13. The first-order valence-electron chi connectivity index (χ1n) is 9.03. The minimum Gasteiger partial charge on any atom is -0.351 e. The van der Waals surface area contributed by atoms with Crippen molar-refractivity contribution in [2.24, 2.45) is 7.05 Å². The van der Waals surface area contributed by atoms with Crippen LogP contribution in [0.15, 0.2) is 35.4 Å². The van der Waals surface area contributed by atoms with Crippen LogP contribution in [-0.2, 0) is 26.5 Å². The molecule has 3 heterocycles. The van der Waals surface area contributed by atoms with Gasteiger partial charge in [-0.1, -0.05) is 42.2 Å². The van der Waals surface area contributed by atoms with Crippen molar-refractivity contribution in [1.82, 2.24) is 14.8 Å². The van der Waals surface area contributed by atoms with Gasteiger partial charge < -0.3 is 9.88 Å². The molecule has 152 valence electrons. The van der Waals surface area contributed by atoms with E-state index in [2.05, 4.69) is 5.32 Å². The highest BCUT2D eigenvalue weighted by Gasteiger charge is 2.35. The zero-order chi connectivity index (χ0) is 20.8. The van der Waals surface area contributed by atoms with Crippen molar-refractivity contribution in [3.63, 3.8) is 0 Å². The van der Waals surface area contributed by atoms with Crippen molar-refractivity contribution in [2.45, 2.75) is 12.5 Å². The van der Waals surface area contributed by atoms with E-state index in [-0.39, 0.29) is 24.0 Å². The van der Waals surface area contributed by atoms with E-state index in [0.29, 0.717) is 15.6 Å². The van der Waals surface area contributed by atoms with Gasteiger partial charge in [-0.15, -0.1) is 0 Å². The number of sulfone groups is 1.